The quantitative estimate of drug-likeness (QED) is 0.925. The predicted octanol–water partition coefficient (Wildman–Crippen LogP) is 2.11. The van der Waals surface area contributed by atoms with Gasteiger partial charge in [-0.05, 0) is 12.5 Å². The average Bonchev–Trinajstić information content (AvgIpc) is 2.40. The Balaban J connectivity index is 2.17. The Morgan fingerprint density at radius 2 is 2.20 bits per heavy atom. The van der Waals surface area contributed by atoms with Crippen LogP contribution < -0.4 is 5.32 Å². The fraction of sp³-hybridized carbons (Fsp3) is 0.429. The molecular formula is C14H16ClFN2O2. The molecule has 1 unspecified atom stereocenters. The molecule has 1 saturated heterocycles. The number of rotatable bonds is 4. The van der Waals surface area contributed by atoms with Crippen LogP contribution in [0.4, 0.5) is 4.39 Å². The van der Waals surface area contributed by atoms with Crippen molar-refractivity contribution in [3.05, 3.63) is 34.6 Å². The lowest BCUT2D eigenvalue weighted by atomic mass is 10.1. The Bertz CT molecular complexity index is 536. The SMILES string of the molecule is CCCC1NC(=O)CN(Cc2cccc(Cl)c2F)C1=O. The summed E-state index contributed by atoms with van der Waals surface area (Å²) in [6.45, 7) is 1.94. The topological polar surface area (TPSA) is 49.4 Å². The smallest absolute Gasteiger partial charge is 0.245 e. The predicted molar refractivity (Wildman–Crippen MR) is 73.7 cm³/mol. The van der Waals surface area contributed by atoms with Gasteiger partial charge >= 0.3 is 0 Å². The van der Waals surface area contributed by atoms with E-state index in [-0.39, 0.29) is 29.9 Å². The summed E-state index contributed by atoms with van der Waals surface area (Å²) in [6.07, 6.45) is 1.37. The van der Waals surface area contributed by atoms with Gasteiger partial charge in [0, 0.05) is 12.1 Å². The Morgan fingerprint density at radius 1 is 1.45 bits per heavy atom. The van der Waals surface area contributed by atoms with Gasteiger partial charge in [-0.3, -0.25) is 9.59 Å². The van der Waals surface area contributed by atoms with Crippen LogP contribution in [-0.4, -0.2) is 29.3 Å². The molecule has 1 aromatic rings. The lowest BCUT2D eigenvalue weighted by molar-refractivity contribution is -0.145. The molecule has 4 nitrogen and oxygen atoms in total. The molecule has 0 aliphatic carbocycles. The van der Waals surface area contributed by atoms with Gasteiger partial charge in [-0.25, -0.2) is 4.39 Å². The fourth-order valence-electron chi connectivity index (χ4n) is 2.27. The second-order valence-electron chi connectivity index (χ2n) is 4.82. The van der Waals surface area contributed by atoms with E-state index in [1.165, 1.54) is 11.0 Å². The number of hydrogen-bond acceptors (Lipinski definition) is 2. The van der Waals surface area contributed by atoms with E-state index >= 15 is 0 Å². The van der Waals surface area contributed by atoms with Crippen molar-refractivity contribution in [2.45, 2.75) is 32.4 Å². The molecule has 0 saturated carbocycles. The molecule has 0 bridgehead atoms. The van der Waals surface area contributed by atoms with Crippen LogP contribution in [-0.2, 0) is 16.1 Å². The van der Waals surface area contributed by atoms with Crippen LogP contribution in [0.3, 0.4) is 0 Å². The van der Waals surface area contributed by atoms with Gasteiger partial charge in [0.15, 0.2) is 0 Å². The number of hydrogen-bond donors (Lipinski definition) is 1. The maximum absolute atomic E-state index is 13.9. The largest absolute Gasteiger partial charge is 0.343 e. The van der Waals surface area contributed by atoms with Crippen molar-refractivity contribution >= 4 is 23.4 Å². The minimum atomic E-state index is -0.542. The molecular weight excluding hydrogens is 283 g/mol. The average molecular weight is 299 g/mol. The van der Waals surface area contributed by atoms with Crippen molar-refractivity contribution in [2.75, 3.05) is 6.54 Å². The van der Waals surface area contributed by atoms with Gasteiger partial charge in [0.1, 0.15) is 11.9 Å². The highest BCUT2D eigenvalue weighted by molar-refractivity contribution is 6.30. The molecule has 108 valence electrons. The third-order valence-corrected chi connectivity index (χ3v) is 3.54. The monoisotopic (exact) mass is 298 g/mol. The summed E-state index contributed by atoms with van der Waals surface area (Å²) in [5, 5.41) is 2.67. The lowest BCUT2D eigenvalue weighted by Crippen LogP contribution is -2.57. The van der Waals surface area contributed by atoms with Gasteiger partial charge in [-0.2, -0.15) is 0 Å². The molecule has 1 aliphatic rings. The molecule has 1 atom stereocenters. The molecule has 6 heteroatoms. The van der Waals surface area contributed by atoms with Crippen LogP contribution in [0.25, 0.3) is 0 Å². The number of halogens is 2. The van der Waals surface area contributed by atoms with E-state index in [4.69, 9.17) is 11.6 Å². The maximum Gasteiger partial charge on any atom is 0.245 e. The number of carbonyl (C=O) groups excluding carboxylic acids is 2. The molecule has 0 spiro atoms. The minimum absolute atomic E-state index is 0.0153. The molecule has 2 rings (SSSR count). The molecule has 1 aromatic carbocycles. The first-order valence-electron chi connectivity index (χ1n) is 6.54. The summed E-state index contributed by atoms with van der Waals surface area (Å²) in [5.41, 5.74) is 0.316. The first-order chi connectivity index (χ1) is 9.52. The van der Waals surface area contributed by atoms with Crippen molar-refractivity contribution < 1.29 is 14.0 Å². The molecule has 1 fully saturated rings. The first-order valence-corrected chi connectivity index (χ1v) is 6.91. The number of amides is 2. The molecule has 1 N–H and O–H groups in total. The molecule has 1 aliphatic heterocycles. The number of piperazine rings is 1. The van der Waals surface area contributed by atoms with E-state index in [1.807, 2.05) is 6.92 Å². The van der Waals surface area contributed by atoms with E-state index < -0.39 is 11.9 Å². The van der Waals surface area contributed by atoms with E-state index in [2.05, 4.69) is 5.32 Å². The Labute approximate surface area is 121 Å². The molecule has 1 heterocycles. The maximum atomic E-state index is 13.9. The van der Waals surface area contributed by atoms with E-state index in [0.29, 0.717) is 12.0 Å². The van der Waals surface area contributed by atoms with E-state index in [0.717, 1.165) is 6.42 Å². The van der Waals surface area contributed by atoms with E-state index in [9.17, 15) is 14.0 Å². The van der Waals surface area contributed by atoms with Crippen molar-refractivity contribution in [1.82, 2.24) is 10.2 Å². The van der Waals surface area contributed by atoms with Gasteiger partial charge < -0.3 is 10.2 Å². The summed E-state index contributed by atoms with van der Waals surface area (Å²) in [7, 11) is 0. The standard InChI is InChI=1S/C14H16ClFN2O2/c1-2-4-11-14(20)18(8-12(19)17-11)7-9-5-3-6-10(15)13(9)16/h3,5-6,11H,2,4,7-8H2,1H3,(H,17,19). The van der Waals surface area contributed by atoms with Gasteiger partial charge in [-0.15, -0.1) is 0 Å². The summed E-state index contributed by atoms with van der Waals surface area (Å²) >= 11 is 5.72. The second kappa shape index (κ2) is 6.22. The van der Waals surface area contributed by atoms with Crippen LogP contribution >= 0.6 is 11.6 Å². The highest BCUT2D eigenvalue weighted by Crippen LogP contribution is 2.20. The number of benzene rings is 1. The van der Waals surface area contributed by atoms with Crippen LogP contribution in [0.5, 0.6) is 0 Å². The molecule has 2 amide bonds. The zero-order chi connectivity index (χ0) is 14.7. The number of nitrogens with one attached hydrogen (secondary N) is 1. The highest BCUT2D eigenvalue weighted by atomic mass is 35.5. The zero-order valence-corrected chi connectivity index (χ0v) is 11.9. The first kappa shape index (κ1) is 14.8. The Morgan fingerprint density at radius 3 is 2.90 bits per heavy atom. The zero-order valence-electron chi connectivity index (χ0n) is 11.2. The van der Waals surface area contributed by atoms with Gasteiger partial charge in [0.25, 0.3) is 0 Å². The van der Waals surface area contributed by atoms with Crippen LogP contribution in [0, 0.1) is 5.82 Å². The summed E-state index contributed by atoms with van der Waals surface area (Å²) in [6, 6.07) is 4.13. The third kappa shape index (κ3) is 3.10. The molecule has 0 aromatic heterocycles. The lowest BCUT2D eigenvalue weighted by Gasteiger charge is -2.32. The minimum Gasteiger partial charge on any atom is -0.343 e. The van der Waals surface area contributed by atoms with Crippen molar-refractivity contribution in [3.8, 4) is 0 Å². The second-order valence-corrected chi connectivity index (χ2v) is 5.22. The highest BCUT2D eigenvalue weighted by Gasteiger charge is 2.32. The Hall–Kier alpha value is -1.62. The normalized spacial score (nSPS) is 19.1. The number of carbonyl (C=O) groups is 2. The van der Waals surface area contributed by atoms with E-state index in [1.54, 1.807) is 12.1 Å². The van der Waals surface area contributed by atoms with Crippen LogP contribution in [0.1, 0.15) is 25.3 Å². The van der Waals surface area contributed by atoms with Gasteiger partial charge in [-0.1, -0.05) is 37.1 Å². The van der Waals surface area contributed by atoms with Crippen LogP contribution in [0.15, 0.2) is 18.2 Å². The third-order valence-electron chi connectivity index (χ3n) is 3.25. The fourth-order valence-corrected chi connectivity index (χ4v) is 2.46. The van der Waals surface area contributed by atoms with Gasteiger partial charge in [0.05, 0.1) is 11.6 Å². The van der Waals surface area contributed by atoms with Crippen molar-refractivity contribution in [1.29, 1.82) is 0 Å². The summed E-state index contributed by atoms with van der Waals surface area (Å²) in [5.74, 6) is -0.934. The van der Waals surface area contributed by atoms with Gasteiger partial charge in [0.2, 0.25) is 11.8 Å². The number of nitrogens with zero attached hydrogens (tertiary/aromatic N) is 1. The van der Waals surface area contributed by atoms with Crippen molar-refractivity contribution in [3.63, 3.8) is 0 Å². The molecule has 0 radical (unpaired) electrons. The Kier molecular flexibility index (Phi) is 4.60. The summed E-state index contributed by atoms with van der Waals surface area (Å²) < 4.78 is 13.9. The van der Waals surface area contributed by atoms with Crippen LogP contribution in [0.2, 0.25) is 5.02 Å². The molecule has 20 heavy (non-hydrogen) atoms. The summed E-state index contributed by atoms with van der Waals surface area (Å²) in [4.78, 5) is 25.2. The van der Waals surface area contributed by atoms with Crippen molar-refractivity contribution in [2.24, 2.45) is 0 Å².